The normalized spacial score (nSPS) is 13.8. The van der Waals surface area contributed by atoms with Gasteiger partial charge in [-0.3, -0.25) is 0 Å². The third kappa shape index (κ3) is 4.36. The van der Waals surface area contributed by atoms with E-state index >= 15 is 0 Å². The molecule has 0 radical (unpaired) electrons. The van der Waals surface area contributed by atoms with E-state index in [4.69, 9.17) is 11.6 Å². The molecule has 0 aliphatic rings. The van der Waals surface area contributed by atoms with Crippen molar-refractivity contribution in [2.45, 2.75) is 6.92 Å². The zero-order chi connectivity index (χ0) is 9.78. The Morgan fingerprint density at radius 1 is 1.42 bits per heavy atom. The van der Waals surface area contributed by atoms with Crippen LogP contribution in [0.15, 0.2) is 34.7 Å². The summed E-state index contributed by atoms with van der Waals surface area (Å²) in [7, 11) is -3.14. The van der Waals surface area contributed by atoms with Gasteiger partial charge in [0.15, 0.2) is 9.84 Å². The number of hydrogen-bond acceptors (Lipinski definition) is 2. The van der Waals surface area contributed by atoms with Crippen molar-refractivity contribution in [2.75, 3.05) is 6.26 Å². The number of halogens is 1. The molecule has 0 spiro atoms. The molecule has 0 aromatic carbocycles. The van der Waals surface area contributed by atoms with Gasteiger partial charge in [-0.25, -0.2) is 8.42 Å². The SMILES string of the molecule is C=C(Cl)/C=C\C(=C/C)S(C)(=O)=O. The van der Waals surface area contributed by atoms with Crippen LogP contribution >= 0.6 is 11.6 Å². The van der Waals surface area contributed by atoms with Gasteiger partial charge >= 0.3 is 0 Å². The quantitative estimate of drug-likeness (QED) is 0.664. The molecule has 0 aliphatic carbocycles. The van der Waals surface area contributed by atoms with Gasteiger partial charge < -0.3 is 0 Å². The summed E-state index contributed by atoms with van der Waals surface area (Å²) in [6.07, 6.45) is 5.51. The predicted molar refractivity (Wildman–Crippen MR) is 52.7 cm³/mol. The Morgan fingerprint density at radius 3 is 2.17 bits per heavy atom. The largest absolute Gasteiger partial charge is 0.224 e. The Morgan fingerprint density at radius 2 is 1.92 bits per heavy atom. The summed E-state index contributed by atoms with van der Waals surface area (Å²) < 4.78 is 22.0. The summed E-state index contributed by atoms with van der Waals surface area (Å²) >= 11 is 5.43. The Labute approximate surface area is 78.2 Å². The van der Waals surface area contributed by atoms with Crippen LogP contribution in [-0.2, 0) is 9.84 Å². The van der Waals surface area contributed by atoms with E-state index in [9.17, 15) is 8.42 Å². The second-order valence-electron chi connectivity index (χ2n) is 2.24. The summed E-state index contributed by atoms with van der Waals surface area (Å²) in [4.78, 5) is 0.240. The van der Waals surface area contributed by atoms with Gasteiger partial charge in [-0.15, -0.1) is 0 Å². The van der Waals surface area contributed by atoms with Gasteiger partial charge in [0, 0.05) is 11.3 Å². The maximum atomic E-state index is 11.0. The zero-order valence-corrected chi connectivity index (χ0v) is 8.61. The molecule has 12 heavy (non-hydrogen) atoms. The molecule has 0 rings (SSSR count). The Bertz CT molecular complexity index is 323. The molecule has 0 amide bonds. The molecule has 0 bridgehead atoms. The highest BCUT2D eigenvalue weighted by molar-refractivity contribution is 7.94. The zero-order valence-electron chi connectivity index (χ0n) is 7.04. The lowest BCUT2D eigenvalue weighted by molar-refractivity contribution is 0.608. The molecular formula is C8H11ClO2S. The Balaban J connectivity index is 4.77. The molecule has 0 atom stereocenters. The van der Waals surface area contributed by atoms with Crippen LogP contribution in [0.2, 0.25) is 0 Å². The van der Waals surface area contributed by atoms with Gasteiger partial charge in [0.1, 0.15) is 0 Å². The van der Waals surface area contributed by atoms with Crippen molar-refractivity contribution < 1.29 is 8.42 Å². The first kappa shape index (κ1) is 11.5. The van der Waals surface area contributed by atoms with Crippen LogP contribution < -0.4 is 0 Å². The third-order valence-electron chi connectivity index (χ3n) is 1.14. The smallest absolute Gasteiger partial charge is 0.175 e. The van der Waals surface area contributed by atoms with Gasteiger partial charge in [0.2, 0.25) is 0 Å². The highest BCUT2D eigenvalue weighted by atomic mass is 35.5. The Hall–Kier alpha value is -0.540. The lowest BCUT2D eigenvalue weighted by atomic mass is 10.4. The van der Waals surface area contributed by atoms with Crippen molar-refractivity contribution in [3.8, 4) is 0 Å². The summed E-state index contributed by atoms with van der Waals surface area (Å²) in [5, 5.41) is 0.304. The molecular weight excluding hydrogens is 196 g/mol. The van der Waals surface area contributed by atoms with E-state index in [0.717, 1.165) is 6.26 Å². The summed E-state index contributed by atoms with van der Waals surface area (Å²) in [5.74, 6) is 0. The molecule has 0 saturated heterocycles. The van der Waals surface area contributed by atoms with Gasteiger partial charge in [0.25, 0.3) is 0 Å². The molecule has 0 unspecified atom stereocenters. The van der Waals surface area contributed by atoms with E-state index in [1.165, 1.54) is 18.2 Å². The van der Waals surface area contributed by atoms with E-state index in [1.807, 2.05) is 0 Å². The maximum Gasteiger partial charge on any atom is 0.175 e. The minimum Gasteiger partial charge on any atom is -0.224 e. The number of allylic oxidation sites excluding steroid dienone is 4. The first-order chi connectivity index (χ1) is 5.38. The van der Waals surface area contributed by atoms with Gasteiger partial charge in [-0.2, -0.15) is 0 Å². The van der Waals surface area contributed by atoms with Crippen molar-refractivity contribution >= 4 is 21.4 Å². The van der Waals surface area contributed by atoms with Crippen LogP contribution in [0.5, 0.6) is 0 Å². The lowest BCUT2D eigenvalue weighted by Crippen LogP contribution is -1.97. The van der Waals surface area contributed by atoms with Crippen LogP contribution in [-0.4, -0.2) is 14.7 Å². The molecule has 0 N–H and O–H groups in total. The van der Waals surface area contributed by atoms with E-state index < -0.39 is 9.84 Å². The number of rotatable bonds is 3. The Kier molecular flexibility index (Phi) is 4.28. The van der Waals surface area contributed by atoms with Crippen LogP contribution in [0.25, 0.3) is 0 Å². The molecule has 68 valence electrons. The van der Waals surface area contributed by atoms with Crippen molar-refractivity contribution in [2.24, 2.45) is 0 Å². The molecule has 0 saturated carbocycles. The summed E-state index contributed by atoms with van der Waals surface area (Å²) in [6, 6.07) is 0. The second-order valence-corrected chi connectivity index (χ2v) is 4.74. The molecule has 0 heterocycles. The minimum atomic E-state index is -3.14. The molecule has 0 aromatic rings. The minimum absolute atomic E-state index is 0.240. The van der Waals surface area contributed by atoms with Gasteiger partial charge in [-0.1, -0.05) is 24.3 Å². The highest BCUT2D eigenvalue weighted by Gasteiger charge is 2.05. The fourth-order valence-corrected chi connectivity index (χ4v) is 1.41. The van der Waals surface area contributed by atoms with Gasteiger partial charge in [0.05, 0.1) is 4.91 Å². The summed E-state index contributed by atoms with van der Waals surface area (Å²) in [5.41, 5.74) is 0. The lowest BCUT2D eigenvalue weighted by Gasteiger charge is -1.95. The van der Waals surface area contributed by atoms with Crippen molar-refractivity contribution in [3.63, 3.8) is 0 Å². The predicted octanol–water partition coefficient (Wildman–Crippen LogP) is 2.24. The van der Waals surface area contributed by atoms with Crippen LogP contribution in [0, 0.1) is 0 Å². The van der Waals surface area contributed by atoms with Crippen LogP contribution in [0.1, 0.15) is 6.92 Å². The molecule has 2 nitrogen and oxygen atoms in total. The van der Waals surface area contributed by atoms with Crippen LogP contribution in [0.4, 0.5) is 0 Å². The van der Waals surface area contributed by atoms with E-state index in [-0.39, 0.29) is 4.91 Å². The average molecular weight is 207 g/mol. The maximum absolute atomic E-state index is 11.0. The van der Waals surface area contributed by atoms with E-state index in [0.29, 0.717) is 5.03 Å². The molecule has 0 aliphatic heterocycles. The number of hydrogen-bond donors (Lipinski definition) is 0. The first-order valence-electron chi connectivity index (χ1n) is 3.26. The van der Waals surface area contributed by atoms with Crippen molar-refractivity contribution in [1.82, 2.24) is 0 Å². The third-order valence-corrected chi connectivity index (χ3v) is 2.50. The fourth-order valence-electron chi connectivity index (χ4n) is 0.606. The summed E-state index contributed by atoms with van der Waals surface area (Å²) in [6.45, 7) is 5.05. The fraction of sp³-hybridized carbons (Fsp3) is 0.250. The van der Waals surface area contributed by atoms with E-state index in [2.05, 4.69) is 6.58 Å². The van der Waals surface area contributed by atoms with Gasteiger partial charge in [-0.05, 0) is 19.1 Å². The highest BCUT2D eigenvalue weighted by Crippen LogP contribution is 2.08. The molecule has 4 heteroatoms. The molecule has 0 fully saturated rings. The first-order valence-corrected chi connectivity index (χ1v) is 5.53. The van der Waals surface area contributed by atoms with E-state index in [1.54, 1.807) is 6.92 Å². The monoisotopic (exact) mass is 206 g/mol. The second kappa shape index (κ2) is 4.48. The standard InChI is InChI=1S/C8H11ClO2S/c1-4-8(12(3,10)11)6-5-7(2)9/h4-6H,2H2,1,3H3/b6-5-,8-4+. The molecule has 0 aromatic heterocycles. The van der Waals surface area contributed by atoms with Crippen molar-refractivity contribution in [3.05, 3.63) is 34.7 Å². The number of sulfone groups is 1. The van der Waals surface area contributed by atoms with Crippen molar-refractivity contribution in [1.29, 1.82) is 0 Å². The average Bonchev–Trinajstić information content (AvgIpc) is 1.85. The topological polar surface area (TPSA) is 34.1 Å². The van der Waals surface area contributed by atoms with Crippen LogP contribution in [0.3, 0.4) is 0 Å².